The average molecular weight is 756 g/mol. The first-order chi connectivity index (χ1) is 28.7. The molecule has 272 valence electrons. The maximum Gasteiger partial charge on any atom is 0.103 e. The van der Waals surface area contributed by atoms with Gasteiger partial charge < -0.3 is 5.32 Å². The van der Waals surface area contributed by atoms with Crippen molar-refractivity contribution in [2.45, 2.75) is 15.7 Å². The van der Waals surface area contributed by atoms with Crippen LogP contribution in [-0.4, -0.2) is 0 Å². The van der Waals surface area contributed by atoms with Crippen LogP contribution in [0.5, 0.6) is 0 Å². The van der Waals surface area contributed by atoms with Crippen LogP contribution in [0.2, 0.25) is 0 Å². The number of benzene rings is 10. The van der Waals surface area contributed by atoms with Crippen molar-refractivity contribution in [1.29, 1.82) is 0 Å². The van der Waals surface area contributed by atoms with E-state index in [-0.39, 0.29) is 5.37 Å². The number of rotatable bonds is 5. The van der Waals surface area contributed by atoms with Crippen molar-refractivity contribution in [3.8, 4) is 33.4 Å². The fourth-order valence-corrected chi connectivity index (χ4v) is 11.2. The number of nitrogens with one attached hydrogen (secondary N) is 1. The van der Waals surface area contributed by atoms with Gasteiger partial charge in [-0.15, -0.1) is 0 Å². The summed E-state index contributed by atoms with van der Waals surface area (Å²) < 4.78 is 0. The number of hydrogen-bond donors (Lipinski definition) is 1. The minimum Gasteiger partial charge on any atom is -0.368 e. The molecule has 0 amide bonds. The molecule has 0 saturated carbocycles. The van der Waals surface area contributed by atoms with Gasteiger partial charge in [-0.2, -0.15) is 0 Å². The molecule has 12 rings (SSSR count). The van der Waals surface area contributed by atoms with Crippen LogP contribution in [0.15, 0.2) is 217 Å². The van der Waals surface area contributed by atoms with E-state index in [1.54, 1.807) is 0 Å². The van der Waals surface area contributed by atoms with Crippen molar-refractivity contribution in [1.82, 2.24) is 0 Å². The molecule has 1 aliphatic heterocycles. The molecule has 1 N–H and O–H groups in total. The van der Waals surface area contributed by atoms with Crippen LogP contribution in [0.25, 0.3) is 65.7 Å². The molecule has 10 aromatic rings. The van der Waals surface area contributed by atoms with Gasteiger partial charge in [0.2, 0.25) is 0 Å². The zero-order chi connectivity index (χ0) is 38.2. The van der Waals surface area contributed by atoms with Crippen LogP contribution in [0.4, 0.5) is 5.69 Å². The first-order valence-electron chi connectivity index (χ1n) is 20.1. The Labute approximate surface area is 342 Å². The van der Waals surface area contributed by atoms with Crippen molar-refractivity contribution in [3.05, 3.63) is 240 Å². The van der Waals surface area contributed by atoms with E-state index in [2.05, 4.69) is 218 Å². The predicted molar refractivity (Wildman–Crippen MR) is 246 cm³/mol. The lowest BCUT2D eigenvalue weighted by molar-refractivity contribution is 0.776. The van der Waals surface area contributed by atoms with Crippen LogP contribution in [0.3, 0.4) is 0 Å². The van der Waals surface area contributed by atoms with Gasteiger partial charge in [0.25, 0.3) is 0 Å². The summed E-state index contributed by atoms with van der Waals surface area (Å²) >= 11 is 1.93. The highest BCUT2D eigenvalue weighted by atomic mass is 32.2. The second kappa shape index (κ2) is 13.1. The lowest BCUT2D eigenvalue weighted by Crippen LogP contribution is -2.28. The Bertz CT molecular complexity index is 3190. The third-order valence-electron chi connectivity index (χ3n) is 12.5. The molecule has 1 unspecified atom stereocenters. The van der Waals surface area contributed by atoms with Crippen LogP contribution < -0.4 is 5.32 Å². The molecule has 2 heteroatoms. The molecule has 0 fully saturated rings. The second-order valence-corrected chi connectivity index (χ2v) is 16.7. The molecule has 0 radical (unpaired) electrons. The Morgan fingerprint density at radius 3 is 1.76 bits per heavy atom. The molecule has 10 aromatic carbocycles. The first-order valence-corrected chi connectivity index (χ1v) is 21.0. The van der Waals surface area contributed by atoms with Crippen molar-refractivity contribution in [2.24, 2.45) is 0 Å². The summed E-state index contributed by atoms with van der Waals surface area (Å²) in [6, 6.07) is 78.9. The summed E-state index contributed by atoms with van der Waals surface area (Å²) in [5, 5.41) is 11.7. The van der Waals surface area contributed by atoms with Crippen molar-refractivity contribution < 1.29 is 0 Å². The molecule has 1 nitrogen and oxygen atoms in total. The summed E-state index contributed by atoms with van der Waals surface area (Å²) in [4.78, 5) is 1.33. The zero-order valence-electron chi connectivity index (χ0n) is 31.7. The standard InChI is InChI=1S/C56H37NS/c1-4-14-39(15-5-1)55-57-51-32-29-38-25-23-37-24-26-42(34-49(37)52(38)54(51)58-55)40-16-12-17-41(33-40)43-28-30-47-48-31-27-36-13-10-11-22-46(36)53(48)56(50(47)35-43,44-18-6-2-7-19-44)45-20-8-3-9-21-45/h1-35,55,57H. The smallest absolute Gasteiger partial charge is 0.103 e. The maximum atomic E-state index is 3.80. The van der Waals surface area contributed by atoms with Gasteiger partial charge in [0.15, 0.2) is 0 Å². The van der Waals surface area contributed by atoms with Crippen LogP contribution in [0.1, 0.15) is 33.2 Å². The molecule has 0 saturated heterocycles. The predicted octanol–water partition coefficient (Wildman–Crippen LogP) is 15.1. The maximum absolute atomic E-state index is 3.80. The molecule has 1 atom stereocenters. The number of hydrogen-bond acceptors (Lipinski definition) is 2. The molecule has 1 heterocycles. The highest BCUT2D eigenvalue weighted by molar-refractivity contribution is 8.00. The fraction of sp³-hybridized carbons (Fsp3) is 0.0357. The minimum absolute atomic E-state index is 0.193. The number of thioether (sulfide) groups is 1. The van der Waals surface area contributed by atoms with Crippen molar-refractivity contribution in [3.63, 3.8) is 0 Å². The largest absolute Gasteiger partial charge is 0.368 e. The third kappa shape index (κ3) is 4.98. The van der Waals surface area contributed by atoms with E-state index in [4.69, 9.17) is 0 Å². The minimum atomic E-state index is -0.492. The lowest BCUT2D eigenvalue weighted by Gasteiger charge is -2.35. The van der Waals surface area contributed by atoms with E-state index >= 15 is 0 Å². The number of anilines is 1. The second-order valence-electron chi connectivity index (χ2n) is 15.6. The highest BCUT2D eigenvalue weighted by Crippen LogP contribution is 2.59. The van der Waals surface area contributed by atoms with E-state index in [0.717, 1.165) is 0 Å². The summed E-state index contributed by atoms with van der Waals surface area (Å²) in [6.07, 6.45) is 0. The molecule has 58 heavy (non-hydrogen) atoms. The summed E-state index contributed by atoms with van der Waals surface area (Å²) in [5.41, 5.74) is 14.7. The normalized spacial score (nSPS) is 14.9. The fourth-order valence-electron chi connectivity index (χ4n) is 9.92. The molecule has 0 aromatic heterocycles. The van der Waals surface area contributed by atoms with Gasteiger partial charge in [-0.05, 0) is 112 Å². The van der Waals surface area contributed by atoms with Crippen LogP contribution in [-0.2, 0) is 5.41 Å². The van der Waals surface area contributed by atoms with Gasteiger partial charge in [-0.3, -0.25) is 0 Å². The van der Waals surface area contributed by atoms with Crippen molar-refractivity contribution in [2.75, 3.05) is 5.32 Å². The van der Waals surface area contributed by atoms with Gasteiger partial charge in [0.05, 0.1) is 5.41 Å². The Morgan fingerprint density at radius 2 is 0.983 bits per heavy atom. The highest BCUT2D eigenvalue weighted by Gasteiger charge is 2.47. The molecular formula is C56H37NS. The Kier molecular flexibility index (Phi) is 7.51. The third-order valence-corrected chi connectivity index (χ3v) is 13.8. The van der Waals surface area contributed by atoms with E-state index in [9.17, 15) is 0 Å². The van der Waals surface area contributed by atoms with Gasteiger partial charge >= 0.3 is 0 Å². The molecule has 2 aliphatic rings. The summed E-state index contributed by atoms with van der Waals surface area (Å²) in [5.74, 6) is 0. The average Bonchev–Trinajstić information content (AvgIpc) is 3.88. The molecule has 0 bridgehead atoms. The number of fused-ring (bicyclic) bond motifs is 10. The SMILES string of the molecule is c1ccc(C2Nc3ccc4ccc5ccc(-c6cccc(-c7ccc8c(c7)C(c7ccccc7)(c7ccccc7)c7c-8ccc8ccccc78)c6)cc5c4c3S2)cc1. The van der Waals surface area contributed by atoms with Gasteiger partial charge in [0.1, 0.15) is 5.37 Å². The van der Waals surface area contributed by atoms with Gasteiger partial charge in [-0.1, -0.05) is 200 Å². The summed E-state index contributed by atoms with van der Waals surface area (Å²) in [6.45, 7) is 0. The molecule has 1 aliphatic carbocycles. The van der Waals surface area contributed by atoms with Crippen molar-refractivity contribution >= 4 is 49.8 Å². The van der Waals surface area contributed by atoms with Crippen LogP contribution >= 0.6 is 11.8 Å². The van der Waals surface area contributed by atoms with E-state index in [0.29, 0.717) is 0 Å². The Hall–Kier alpha value is -6.87. The van der Waals surface area contributed by atoms with E-state index in [1.807, 2.05) is 11.8 Å². The van der Waals surface area contributed by atoms with E-state index in [1.165, 1.54) is 104 Å². The van der Waals surface area contributed by atoms with Crippen LogP contribution in [0, 0.1) is 0 Å². The Balaban J connectivity index is 1.01. The molecule has 0 spiro atoms. The van der Waals surface area contributed by atoms with Gasteiger partial charge in [-0.25, -0.2) is 0 Å². The monoisotopic (exact) mass is 755 g/mol. The quantitative estimate of drug-likeness (QED) is 0.176. The summed E-state index contributed by atoms with van der Waals surface area (Å²) in [7, 11) is 0. The van der Waals surface area contributed by atoms with Gasteiger partial charge in [0, 0.05) is 16.0 Å². The zero-order valence-corrected chi connectivity index (χ0v) is 32.5. The topological polar surface area (TPSA) is 12.0 Å². The molecular weight excluding hydrogens is 719 g/mol. The van der Waals surface area contributed by atoms with E-state index < -0.39 is 5.41 Å². The Morgan fingerprint density at radius 1 is 0.414 bits per heavy atom. The lowest BCUT2D eigenvalue weighted by atomic mass is 9.66. The first kappa shape index (κ1) is 33.3.